The molecule has 28 heavy (non-hydrogen) atoms. The standard InChI is InChI=1S/C20H23ClFN5O/c1-10(2)27-11(3)24-19-14(22)7-12(8-16(19)27)18-13(21)9-23-20(26-18)25-15-5-4-6-17(15)28/h7-10,15,17,28H,4-6H2,1-3H3,(H,23,25,26)/t15-,17-/m1/s1. The Morgan fingerprint density at radius 3 is 2.75 bits per heavy atom. The first kappa shape index (κ1) is 19.1. The van der Waals surface area contributed by atoms with E-state index in [2.05, 4.69) is 20.3 Å². The van der Waals surface area contributed by atoms with Crippen LogP contribution in [-0.2, 0) is 0 Å². The van der Waals surface area contributed by atoms with Gasteiger partial charge in [0.2, 0.25) is 5.95 Å². The van der Waals surface area contributed by atoms with Crippen LogP contribution in [0.4, 0.5) is 10.3 Å². The predicted octanol–water partition coefficient (Wildman–Crippen LogP) is 4.50. The van der Waals surface area contributed by atoms with E-state index in [1.807, 2.05) is 31.4 Å². The normalized spacial score (nSPS) is 19.7. The Morgan fingerprint density at radius 2 is 2.07 bits per heavy atom. The van der Waals surface area contributed by atoms with Gasteiger partial charge in [-0.3, -0.25) is 0 Å². The van der Waals surface area contributed by atoms with Crippen molar-refractivity contribution < 1.29 is 9.50 Å². The van der Waals surface area contributed by atoms with Gasteiger partial charge < -0.3 is 15.0 Å². The highest BCUT2D eigenvalue weighted by Crippen LogP contribution is 2.32. The van der Waals surface area contributed by atoms with E-state index < -0.39 is 11.9 Å². The lowest BCUT2D eigenvalue weighted by molar-refractivity contribution is 0.171. The number of aliphatic hydroxyl groups is 1. The molecule has 148 valence electrons. The number of rotatable bonds is 4. The van der Waals surface area contributed by atoms with E-state index in [4.69, 9.17) is 11.6 Å². The van der Waals surface area contributed by atoms with Crippen molar-refractivity contribution in [1.29, 1.82) is 0 Å². The van der Waals surface area contributed by atoms with Crippen LogP contribution in [0.3, 0.4) is 0 Å². The van der Waals surface area contributed by atoms with Gasteiger partial charge in [-0.05, 0) is 52.2 Å². The number of hydrogen-bond donors (Lipinski definition) is 2. The average molecular weight is 404 g/mol. The van der Waals surface area contributed by atoms with Crippen LogP contribution in [0, 0.1) is 12.7 Å². The molecule has 0 bridgehead atoms. The first-order valence-corrected chi connectivity index (χ1v) is 9.88. The number of fused-ring (bicyclic) bond motifs is 1. The number of aryl methyl sites for hydroxylation is 1. The van der Waals surface area contributed by atoms with E-state index in [9.17, 15) is 9.50 Å². The zero-order valence-corrected chi connectivity index (χ0v) is 16.8. The Morgan fingerprint density at radius 1 is 1.29 bits per heavy atom. The highest BCUT2D eigenvalue weighted by molar-refractivity contribution is 6.33. The summed E-state index contributed by atoms with van der Waals surface area (Å²) in [7, 11) is 0. The zero-order chi connectivity index (χ0) is 20.0. The van der Waals surface area contributed by atoms with Crippen molar-refractivity contribution in [2.45, 2.75) is 58.2 Å². The maximum Gasteiger partial charge on any atom is 0.223 e. The fourth-order valence-corrected chi connectivity index (χ4v) is 4.17. The number of aromatic nitrogens is 4. The van der Waals surface area contributed by atoms with Crippen molar-refractivity contribution in [3.8, 4) is 11.3 Å². The molecule has 0 amide bonds. The molecule has 1 aromatic carbocycles. The van der Waals surface area contributed by atoms with Crippen molar-refractivity contribution in [1.82, 2.24) is 19.5 Å². The number of hydrogen-bond acceptors (Lipinski definition) is 5. The topological polar surface area (TPSA) is 75.9 Å². The van der Waals surface area contributed by atoms with Crippen LogP contribution in [0.1, 0.15) is 45.0 Å². The SMILES string of the molecule is Cc1nc2c(F)cc(-c3nc(N[C@@H]4CCC[C@H]4O)ncc3Cl)cc2n1C(C)C. The van der Waals surface area contributed by atoms with Crippen LogP contribution in [0.5, 0.6) is 0 Å². The average Bonchev–Trinajstić information content (AvgIpc) is 3.19. The summed E-state index contributed by atoms with van der Waals surface area (Å²) in [5, 5.41) is 13.5. The molecule has 4 rings (SSSR count). The summed E-state index contributed by atoms with van der Waals surface area (Å²) in [6.45, 7) is 5.93. The molecule has 2 atom stereocenters. The van der Waals surface area contributed by atoms with Crippen LogP contribution < -0.4 is 5.32 Å². The molecule has 2 aromatic heterocycles. The lowest BCUT2D eigenvalue weighted by Gasteiger charge is -2.17. The number of imidazole rings is 1. The third-order valence-corrected chi connectivity index (χ3v) is 5.53. The molecule has 3 aromatic rings. The molecule has 1 aliphatic rings. The predicted molar refractivity (Wildman–Crippen MR) is 108 cm³/mol. The second kappa shape index (κ2) is 7.29. The zero-order valence-electron chi connectivity index (χ0n) is 16.1. The molecule has 0 saturated heterocycles. The van der Waals surface area contributed by atoms with Gasteiger partial charge >= 0.3 is 0 Å². The van der Waals surface area contributed by atoms with E-state index in [-0.39, 0.29) is 12.1 Å². The largest absolute Gasteiger partial charge is 0.391 e. The highest BCUT2D eigenvalue weighted by atomic mass is 35.5. The van der Waals surface area contributed by atoms with Crippen LogP contribution in [0.15, 0.2) is 18.3 Å². The van der Waals surface area contributed by atoms with E-state index in [1.54, 1.807) is 0 Å². The lowest BCUT2D eigenvalue weighted by Crippen LogP contribution is -2.28. The summed E-state index contributed by atoms with van der Waals surface area (Å²) in [5.74, 6) is 0.720. The smallest absolute Gasteiger partial charge is 0.223 e. The highest BCUT2D eigenvalue weighted by Gasteiger charge is 2.26. The number of nitrogens with zero attached hydrogens (tertiary/aromatic N) is 4. The molecule has 2 N–H and O–H groups in total. The Labute approximate surface area is 167 Å². The molecular weight excluding hydrogens is 381 g/mol. The summed E-state index contributed by atoms with van der Waals surface area (Å²) >= 11 is 6.34. The molecule has 0 aliphatic heterocycles. The summed E-state index contributed by atoms with van der Waals surface area (Å²) in [5.41, 5.74) is 2.06. The van der Waals surface area contributed by atoms with Crippen molar-refractivity contribution in [2.75, 3.05) is 5.32 Å². The minimum atomic E-state index is -0.417. The Hall–Kier alpha value is -2.25. The van der Waals surface area contributed by atoms with Crippen molar-refractivity contribution in [3.05, 3.63) is 35.0 Å². The van der Waals surface area contributed by atoms with E-state index in [1.165, 1.54) is 12.3 Å². The number of aliphatic hydroxyl groups excluding tert-OH is 1. The monoisotopic (exact) mass is 403 g/mol. The van der Waals surface area contributed by atoms with Crippen molar-refractivity contribution >= 4 is 28.6 Å². The number of anilines is 1. The van der Waals surface area contributed by atoms with E-state index in [0.29, 0.717) is 33.3 Å². The summed E-state index contributed by atoms with van der Waals surface area (Å²) in [4.78, 5) is 13.1. The van der Waals surface area contributed by atoms with Gasteiger partial charge in [0.25, 0.3) is 0 Å². The Kier molecular flexibility index (Phi) is 4.97. The van der Waals surface area contributed by atoms with Crippen molar-refractivity contribution in [2.24, 2.45) is 0 Å². The molecular formula is C20H23ClFN5O. The minimum absolute atomic E-state index is 0.0849. The van der Waals surface area contributed by atoms with Crippen molar-refractivity contribution in [3.63, 3.8) is 0 Å². The van der Waals surface area contributed by atoms with E-state index in [0.717, 1.165) is 25.1 Å². The quantitative estimate of drug-likeness (QED) is 0.670. The first-order chi connectivity index (χ1) is 13.3. The second-order valence-corrected chi connectivity index (χ2v) is 8.00. The Bertz CT molecular complexity index is 1040. The van der Waals surface area contributed by atoms with Crippen LogP contribution in [0.2, 0.25) is 5.02 Å². The maximum absolute atomic E-state index is 14.8. The summed E-state index contributed by atoms with van der Waals surface area (Å²) in [6.07, 6.45) is 3.66. The van der Waals surface area contributed by atoms with Gasteiger partial charge in [0.1, 0.15) is 11.3 Å². The molecule has 6 nitrogen and oxygen atoms in total. The molecule has 8 heteroatoms. The molecule has 1 saturated carbocycles. The Balaban J connectivity index is 1.79. The van der Waals surface area contributed by atoms with Gasteiger partial charge in [0.05, 0.1) is 34.6 Å². The second-order valence-electron chi connectivity index (χ2n) is 7.59. The van der Waals surface area contributed by atoms with Gasteiger partial charge in [-0.15, -0.1) is 0 Å². The summed E-state index contributed by atoms with van der Waals surface area (Å²) in [6, 6.07) is 3.32. The van der Waals surface area contributed by atoms with Gasteiger partial charge in [-0.2, -0.15) is 0 Å². The fourth-order valence-electron chi connectivity index (χ4n) is 3.97. The van der Waals surface area contributed by atoms with Gasteiger partial charge in [0, 0.05) is 11.6 Å². The lowest BCUT2D eigenvalue weighted by atomic mass is 10.1. The molecule has 0 radical (unpaired) electrons. The van der Waals surface area contributed by atoms with Crippen LogP contribution in [-0.4, -0.2) is 36.8 Å². The first-order valence-electron chi connectivity index (χ1n) is 9.50. The number of halogens is 2. The fraction of sp³-hybridized carbons (Fsp3) is 0.450. The van der Waals surface area contributed by atoms with Gasteiger partial charge in [0.15, 0.2) is 5.82 Å². The van der Waals surface area contributed by atoms with Crippen LogP contribution >= 0.6 is 11.6 Å². The van der Waals surface area contributed by atoms with E-state index >= 15 is 0 Å². The van der Waals surface area contributed by atoms with Crippen LogP contribution in [0.25, 0.3) is 22.3 Å². The molecule has 1 fully saturated rings. The number of benzene rings is 1. The molecule has 2 heterocycles. The molecule has 0 spiro atoms. The van der Waals surface area contributed by atoms with Gasteiger partial charge in [-0.25, -0.2) is 19.3 Å². The maximum atomic E-state index is 14.8. The third-order valence-electron chi connectivity index (χ3n) is 5.25. The summed E-state index contributed by atoms with van der Waals surface area (Å²) < 4.78 is 16.8. The number of nitrogens with one attached hydrogen (secondary N) is 1. The third kappa shape index (κ3) is 3.33. The molecule has 0 unspecified atom stereocenters. The molecule has 1 aliphatic carbocycles. The van der Waals surface area contributed by atoms with Gasteiger partial charge in [-0.1, -0.05) is 11.6 Å². The minimum Gasteiger partial charge on any atom is -0.391 e.